The molecule has 6 nitrogen and oxygen atoms in total. The molecule has 0 fully saturated rings. The van der Waals surface area contributed by atoms with E-state index in [0.29, 0.717) is 12.3 Å². The number of hydrogen-bond donors (Lipinski definition) is 2. The van der Waals surface area contributed by atoms with Gasteiger partial charge in [0.2, 0.25) is 0 Å². The molecule has 114 valence electrons. The van der Waals surface area contributed by atoms with E-state index >= 15 is 0 Å². The highest BCUT2D eigenvalue weighted by Gasteiger charge is 2.31. The third kappa shape index (κ3) is 3.65. The molecule has 0 saturated carbocycles. The zero-order chi connectivity index (χ0) is 15.4. The first-order chi connectivity index (χ1) is 9.99. The second-order valence-corrected chi connectivity index (χ2v) is 5.25. The topological polar surface area (TPSA) is 78.9 Å². The van der Waals surface area contributed by atoms with Crippen molar-refractivity contribution in [2.75, 3.05) is 18.4 Å². The first-order valence-electron chi connectivity index (χ1n) is 7.01. The van der Waals surface area contributed by atoms with Crippen molar-refractivity contribution in [3.63, 3.8) is 0 Å². The van der Waals surface area contributed by atoms with E-state index in [1.807, 2.05) is 32.0 Å². The number of carbonyl (C=O) groups excluding carboxylic acids is 1. The highest BCUT2D eigenvalue weighted by Crippen LogP contribution is 2.28. The van der Waals surface area contributed by atoms with E-state index in [9.17, 15) is 9.59 Å². The minimum atomic E-state index is -0.915. The molecule has 6 heteroatoms. The molecule has 0 aliphatic carbocycles. The molecule has 0 spiro atoms. The molecule has 0 aromatic heterocycles. The van der Waals surface area contributed by atoms with Gasteiger partial charge in [-0.3, -0.25) is 9.59 Å². The molecule has 1 aromatic rings. The lowest BCUT2D eigenvalue weighted by molar-refractivity contribution is -0.142. The van der Waals surface area contributed by atoms with Crippen molar-refractivity contribution in [3.05, 3.63) is 24.3 Å². The van der Waals surface area contributed by atoms with Crippen LogP contribution in [0.3, 0.4) is 0 Å². The Labute approximate surface area is 123 Å². The standard InChI is InChI=1S/C15H20N2O4/c1-10(2)17(8-7-14(18)19)15(20)13-9-16-11-5-3-4-6-12(11)21-13/h3-6,10,13,16H,7-9H2,1-2H3,(H,18,19). The second kappa shape index (κ2) is 6.47. The van der Waals surface area contributed by atoms with Crippen molar-refractivity contribution in [1.82, 2.24) is 4.90 Å². The van der Waals surface area contributed by atoms with E-state index in [0.717, 1.165) is 5.69 Å². The van der Waals surface area contributed by atoms with Gasteiger partial charge in [0.15, 0.2) is 6.10 Å². The van der Waals surface area contributed by atoms with E-state index < -0.39 is 12.1 Å². The smallest absolute Gasteiger partial charge is 0.305 e. The van der Waals surface area contributed by atoms with Crippen LogP contribution in [0.5, 0.6) is 5.75 Å². The van der Waals surface area contributed by atoms with Crippen LogP contribution in [0.4, 0.5) is 5.69 Å². The lowest BCUT2D eigenvalue weighted by Gasteiger charge is -2.33. The number of para-hydroxylation sites is 2. The quantitative estimate of drug-likeness (QED) is 0.861. The van der Waals surface area contributed by atoms with Crippen LogP contribution in [-0.4, -0.2) is 47.1 Å². The van der Waals surface area contributed by atoms with Crippen LogP contribution in [0, 0.1) is 0 Å². The van der Waals surface area contributed by atoms with Crippen LogP contribution in [0.15, 0.2) is 24.3 Å². The van der Waals surface area contributed by atoms with Crippen LogP contribution in [0.1, 0.15) is 20.3 Å². The molecule has 2 N–H and O–H groups in total. The summed E-state index contributed by atoms with van der Waals surface area (Å²) in [5, 5.41) is 11.9. The third-order valence-electron chi connectivity index (χ3n) is 3.38. The fourth-order valence-electron chi connectivity index (χ4n) is 2.27. The van der Waals surface area contributed by atoms with Gasteiger partial charge in [0, 0.05) is 12.6 Å². The van der Waals surface area contributed by atoms with Crippen LogP contribution in [-0.2, 0) is 9.59 Å². The Morgan fingerprint density at radius 1 is 1.43 bits per heavy atom. The van der Waals surface area contributed by atoms with E-state index in [1.165, 1.54) is 0 Å². The monoisotopic (exact) mass is 292 g/mol. The maximum atomic E-state index is 12.5. The summed E-state index contributed by atoms with van der Waals surface area (Å²) in [6, 6.07) is 7.36. The van der Waals surface area contributed by atoms with Gasteiger partial charge in [-0.2, -0.15) is 0 Å². The van der Waals surface area contributed by atoms with Gasteiger partial charge < -0.3 is 20.1 Å². The lowest BCUT2D eigenvalue weighted by Crippen LogP contribution is -2.50. The number of rotatable bonds is 5. The first kappa shape index (κ1) is 15.2. The van der Waals surface area contributed by atoms with E-state index in [-0.39, 0.29) is 24.9 Å². The molecule has 2 rings (SSSR count). The molecule has 0 bridgehead atoms. The van der Waals surface area contributed by atoms with E-state index in [2.05, 4.69) is 5.32 Å². The van der Waals surface area contributed by atoms with Crippen LogP contribution >= 0.6 is 0 Å². The summed E-state index contributed by atoms with van der Waals surface area (Å²) >= 11 is 0. The zero-order valence-corrected chi connectivity index (χ0v) is 12.2. The number of hydrogen-bond acceptors (Lipinski definition) is 4. The van der Waals surface area contributed by atoms with E-state index in [1.54, 1.807) is 11.0 Å². The summed E-state index contributed by atoms with van der Waals surface area (Å²) in [5.41, 5.74) is 0.864. The molecular formula is C15H20N2O4. The zero-order valence-electron chi connectivity index (χ0n) is 12.2. The molecule has 21 heavy (non-hydrogen) atoms. The van der Waals surface area contributed by atoms with Gasteiger partial charge >= 0.3 is 5.97 Å². The largest absolute Gasteiger partial charge is 0.481 e. The van der Waals surface area contributed by atoms with Gasteiger partial charge in [-0.1, -0.05) is 12.1 Å². The number of nitrogens with zero attached hydrogens (tertiary/aromatic N) is 1. The summed E-state index contributed by atoms with van der Waals surface area (Å²) in [6.07, 6.45) is -0.697. The number of amides is 1. The molecule has 1 aliphatic rings. The lowest BCUT2D eigenvalue weighted by atomic mass is 10.2. The van der Waals surface area contributed by atoms with Crippen molar-refractivity contribution in [3.8, 4) is 5.75 Å². The van der Waals surface area contributed by atoms with Crippen LogP contribution in [0.25, 0.3) is 0 Å². The number of carbonyl (C=O) groups is 2. The SMILES string of the molecule is CC(C)N(CCC(=O)O)C(=O)C1CNc2ccccc2O1. The average molecular weight is 292 g/mol. The average Bonchev–Trinajstić information content (AvgIpc) is 2.46. The first-order valence-corrected chi connectivity index (χ1v) is 7.01. The molecule has 1 heterocycles. The number of benzene rings is 1. The fraction of sp³-hybridized carbons (Fsp3) is 0.467. The van der Waals surface area contributed by atoms with Gasteiger partial charge in [0.05, 0.1) is 18.7 Å². The summed E-state index contributed by atoms with van der Waals surface area (Å²) in [4.78, 5) is 24.8. The van der Waals surface area contributed by atoms with Crippen LogP contribution in [0.2, 0.25) is 0 Å². The Hall–Kier alpha value is -2.24. The molecule has 1 aromatic carbocycles. The maximum Gasteiger partial charge on any atom is 0.305 e. The Kier molecular flexibility index (Phi) is 4.67. The molecule has 1 amide bonds. The molecule has 1 atom stereocenters. The van der Waals surface area contributed by atoms with Gasteiger partial charge in [0.25, 0.3) is 5.91 Å². The van der Waals surface area contributed by atoms with Crippen molar-refractivity contribution < 1.29 is 19.4 Å². The number of carboxylic acid groups (broad SMARTS) is 1. The molecule has 1 unspecified atom stereocenters. The Morgan fingerprint density at radius 2 is 2.14 bits per heavy atom. The van der Waals surface area contributed by atoms with Gasteiger partial charge in [-0.05, 0) is 26.0 Å². The normalized spacial score (nSPS) is 16.6. The van der Waals surface area contributed by atoms with Crippen molar-refractivity contribution in [1.29, 1.82) is 0 Å². The minimum Gasteiger partial charge on any atom is -0.481 e. The third-order valence-corrected chi connectivity index (χ3v) is 3.38. The van der Waals surface area contributed by atoms with Gasteiger partial charge in [0.1, 0.15) is 5.75 Å². The molecule has 1 aliphatic heterocycles. The van der Waals surface area contributed by atoms with Gasteiger partial charge in [-0.25, -0.2) is 0 Å². The minimum absolute atomic E-state index is 0.0688. The second-order valence-electron chi connectivity index (χ2n) is 5.25. The Morgan fingerprint density at radius 3 is 2.81 bits per heavy atom. The number of anilines is 1. The Balaban J connectivity index is 2.06. The summed E-state index contributed by atoms with van der Waals surface area (Å²) in [5.74, 6) is -0.459. The number of carboxylic acids is 1. The number of aliphatic carboxylic acids is 1. The summed E-state index contributed by atoms with van der Waals surface area (Å²) in [6.45, 7) is 4.30. The number of fused-ring (bicyclic) bond motifs is 1. The van der Waals surface area contributed by atoms with Crippen molar-refractivity contribution in [2.24, 2.45) is 0 Å². The van der Waals surface area contributed by atoms with Crippen LogP contribution < -0.4 is 10.1 Å². The molecular weight excluding hydrogens is 272 g/mol. The van der Waals surface area contributed by atoms with E-state index in [4.69, 9.17) is 9.84 Å². The summed E-state index contributed by atoms with van der Waals surface area (Å²) in [7, 11) is 0. The Bertz CT molecular complexity index is 530. The van der Waals surface area contributed by atoms with Gasteiger partial charge in [-0.15, -0.1) is 0 Å². The predicted octanol–water partition coefficient (Wildman–Crippen LogP) is 1.57. The van der Waals surface area contributed by atoms with Crippen molar-refractivity contribution >= 4 is 17.6 Å². The van der Waals surface area contributed by atoms with Crippen molar-refractivity contribution in [2.45, 2.75) is 32.4 Å². The summed E-state index contributed by atoms with van der Waals surface area (Å²) < 4.78 is 5.73. The number of nitrogens with one attached hydrogen (secondary N) is 1. The number of ether oxygens (including phenoxy) is 1. The maximum absolute atomic E-state index is 12.5. The molecule has 0 radical (unpaired) electrons. The highest BCUT2D eigenvalue weighted by molar-refractivity contribution is 5.83. The predicted molar refractivity (Wildman–Crippen MR) is 78.4 cm³/mol. The highest BCUT2D eigenvalue weighted by atomic mass is 16.5. The molecule has 0 saturated heterocycles. The fourth-order valence-corrected chi connectivity index (χ4v) is 2.27.